The first-order chi connectivity index (χ1) is 14.6. The molecule has 1 atom stereocenters. The molecule has 2 aliphatic rings. The van der Waals surface area contributed by atoms with E-state index in [1.165, 1.54) is 18.4 Å². The van der Waals surface area contributed by atoms with Crippen LogP contribution in [-0.2, 0) is 5.41 Å². The van der Waals surface area contributed by atoms with Crippen molar-refractivity contribution in [3.8, 4) is 5.75 Å². The molecule has 156 valence electrons. The van der Waals surface area contributed by atoms with E-state index >= 15 is 0 Å². The van der Waals surface area contributed by atoms with Crippen molar-refractivity contribution in [2.24, 2.45) is 11.7 Å². The lowest BCUT2D eigenvalue weighted by atomic mass is 9.63. The lowest BCUT2D eigenvalue weighted by Crippen LogP contribution is -2.50. The van der Waals surface area contributed by atoms with Gasteiger partial charge >= 0.3 is 0 Å². The molecule has 0 unspecified atom stereocenters. The molecule has 0 saturated heterocycles. The van der Waals surface area contributed by atoms with Crippen LogP contribution in [0.15, 0.2) is 59.5 Å². The smallest absolute Gasteiger partial charge is 0.255 e. The summed E-state index contributed by atoms with van der Waals surface area (Å²) in [4.78, 5) is 14.7. The van der Waals surface area contributed by atoms with Gasteiger partial charge in [0.15, 0.2) is 0 Å². The van der Waals surface area contributed by atoms with Crippen molar-refractivity contribution in [1.82, 2.24) is 4.98 Å². The van der Waals surface area contributed by atoms with Gasteiger partial charge in [0.2, 0.25) is 0 Å². The average molecular weight is 423 g/mol. The lowest BCUT2D eigenvalue weighted by Gasteiger charge is -2.45. The normalized spacial score (nSPS) is 25.2. The van der Waals surface area contributed by atoms with E-state index in [1.54, 1.807) is 12.3 Å². The Bertz CT molecular complexity index is 1100. The standard InChI is InChI=1S/C25H27ClN2O2/c26-21-15-20-17(10-13-28-24(20)29)14-22(21)30-19-8-11-25(12-9-19,23(27)16-6-7-16)18-4-2-1-3-5-18/h1-5,10,13-16,19,23H,6-9,11-12,27H2,(H,28,29)/t19-,23-,25-/m0/s1. The number of pyridine rings is 1. The van der Waals surface area contributed by atoms with E-state index in [2.05, 4.69) is 35.3 Å². The molecule has 2 saturated carbocycles. The van der Waals surface area contributed by atoms with Gasteiger partial charge in [-0.1, -0.05) is 41.9 Å². The van der Waals surface area contributed by atoms with Gasteiger partial charge in [-0.2, -0.15) is 0 Å². The maximum Gasteiger partial charge on any atom is 0.255 e. The molecule has 1 aromatic heterocycles. The quantitative estimate of drug-likeness (QED) is 0.595. The zero-order valence-electron chi connectivity index (χ0n) is 16.9. The highest BCUT2D eigenvalue weighted by atomic mass is 35.5. The number of nitrogens with one attached hydrogen (secondary N) is 1. The number of fused-ring (bicyclic) bond motifs is 1. The number of aromatic amines is 1. The molecule has 0 amide bonds. The summed E-state index contributed by atoms with van der Waals surface area (Å²) in [6.45, 7) is 0. The minimum Gasteiger partial charge on any atom is -0.489 e. The predicted molar refractivity (Wildman–Crippen MR) is 121 cm³/mol. The van der Waals surface area contributed by atoms with Crippen molar-refractivity contribution < 1.29 is 4.74 Å². The molecule has 4 nitrogen and oxygen atoms in total. The van der Waals surface area contributed by atoms with Gasteiger partial charge in [0.25, 0.3) is 5.56 Å². The average Bonchev–Trinajstić information content (AvgIpc) is 3.61. The van der Waals surface area contributed by atoms with E-state index in [-0.39, 0.29) is 23.1 Å². The second kappa shape index (κ2) is 7.75. The zero-order valence-corrected chi connectivity index (χ0v) is 17.7. The van der Waals surface area contributed by atoms with Crippen LogP contribution >= 0.6 is 11.6 Å². The van der Waals surface area contributed by atoms with Gasteiger partial charge in [-0.25, -0.2) is 0 Å². The van der Waals surface area contributed by atoms with Crippen molar-refractivity contribution in [3.63, 3.8) is 0 Å². The third-order valence-electron chi connectivity index (χ3n) is 7.06. The number of hydrogen-bond acceptors (Lipinski definition) is 3. The minimum absolute atomic E-state index is 0.0305. The molecule has 30 heavy (non-hydrogen) atoms. The molecule has 0 radical (unpaired) electrons. The molecule has 0 spiro atoms. The molecule has 0 aliphatic heterocycles. The second-order valence-corrected chi connectivity index (χ2v) is 9.29. The third-order valence-corrected chi connectivity index (χ3v) is 7.36. The monoisotopic (exact) mass is 422 g/mol. The molecule has 2 aliphatic carbocycles. The Labute approximate surface area is 181 Å². The van der Waals surface area contributed by atoms with Crippen molar-refractivity contribution in [3.05, 3.63) is 75.7 Å². The zero-order chi connectivity index (χ0) is 20.7. The van der Waals surface area contributed by atoms with Crippen molar-refractivity contribution in [2.45, 2.75) is 56.1 Å². The maximum atomic E-state index is 12.0. The van der Waals surface area contributed by atoms with Gasteiger partial charge in [-0.05, 0) is 73.6 Å². The summed E-state index contributed by atoms with van der Waals surface area (Å²) in [6.07, 6.45) is 8.18. The Morgan fingerprint density at radius 1 is 1.07 bits per heavy atom. The second-order valence-electron chi connectivity index (χ2n) is 8.88. The van der Waals surface area contributed by atoms with E-state index in [9.17, 15) is 4.79 Å². The molecule has 3 aromatic rings. The summed E-state index contributed by atoms with van der Waals surface area (Å²) in [5, 5.41) is 1.90. The molecule has 1 heterocycles. The van der Waals surface area contributed by atoms with Gasteiger partial charge in [0.05, 0.1) is 11.1 Å². The Morgan fingerprint density at radius 2 is 1.80 bits per heavy atom. The van der Waals surface area contributed by atoms with E-state index in [1.807, 2.05) is 12.1 Å². The first kappa shape index (κ1) is 19.7. The van der Waals surface area contributed by atoms with E-state index in [0.717, 1.165) is 31.1 Å². The van der Waals surface area contributed by atoms with Gasteiger partial charge < -0.3 is 15.5 Å². The number of benzene rings is 2. The molecule has 2 aromatic carbocycles. The SMILES string of the molecule is N[C@@H](C1CC1)[C@]1(c2ccccc2)CC[C@@H](Oc2cc3cc[nH]c(=O)c3cc2Cl)CC1. The molecule has 5 heteroatoms. The van der Waals surface area contributed by atoms with Crippen LogP contribution in [0, 0.1) is 5.92 Å². The van der Waals surface area contributed by atoms with Crippen LogP contribution in [0.5, 0.6) is 5.75 Å². The largest absolute Gasteiger partial charge is 0.489 e. The van der Waals surface area contributed by atoms with Crippen LogP contribution in [0.3, 0.4) is 0 Å². The Balaban J connectivity index is 1.37. The molecule has 2 fully saturated rings. The minimum atomic E-state index is -0.139. The molecule has 5 rings (SSSR count). The van der Waals surface area contributed by atoms with Crippen LogP contribution in [0.25, 0.3) is 10.8 Å². The molecular weight excluding hydrogens is 396 g/mol. The van der Waals surface area contributed by atoms with Crippen LogP contribution < -0.4 is 16.0 Å². The van der Waals surface area contributed by atoms with Gasteiger partial charge in [0, 0.05) is 23.0 Å². The number of H-pyrrole nitrogens is 1. The number of halogens is 1. The number of ether oxygens (including phenoxy) is 1. The fourth-order valence-electron chi connectivity index (χ4n) is 5.17. The number of hydrogen-bond donors (Lipinski definition) is 2. The van der Waals surface area contributed by atoms with Crippen LogP contribution in [0.2, 0.25) is 5.02 Å². The third kappa shape index (κ3) is 3.52. The number of rotatable bonds is 5. The summed E-state index contributed by atoms with van der Waals surface area (Å²) in [5.41, 5.74) is 8.08. The van der Waals surface area contributed by atoms with E-state index in [4.69, 9.17) is 22.1 Å². The molecule has 3 N–H and O–H groups in total. The lowest BCUT2D eigenvalue weighted by molar-refractivity contribution is 0.101. The first-order valence-corrected chi connectivity index (χ1v) is 11.2. The summed E-state index contributed by atoms with van der Waals surface area (Å²) >= 11 is 6.45. The van der Waals surface area contributed by atoms with Crippen LogP contribution in [0.1, 0.15) is 44.1 Å². The highest BCUT2D eigenvalue weighted by Gasteiger charge is 2.47. The van der Waals surface area contributed by atoms with E-state index < -0.39 is 0 Å². The Kier molecular flexibility index (Phi) is 5.08. The van der Waals surface area contributed by atoms with Crippen LogP contribution in [0.4, 0.5) is 0 Å². The summed E-state index contributed by atoms with van der Waals surface area (Å²) < 4.78 is 6.33. The van der Waals surface area contributed by atoms with E-state index in [0.29, 0.717) is 22.1 Å². The summed E-state index contributed by atoms with van der Waals surface area (Å²) in [6, 6.07) is 16.4. The highest BCUT2D eigenvalue weighted by Crippen LogP contribution is 2.49. The van der Waals surface area contributed by atoms with Crippen molar-refractivity contribution in [2.75, 3.05) is 0 Å². The highest BCUT2D eigenvalue weighted by molar-refractivity contribution is 6.32. The van der Waals surface area contributed by atoms with Crippen LogP contribution in [-0.4, -0.2) is 17.1 Å². The first-order valence-electron chi connectivity index (χ1n) is 10.9. The molecular formula is C25H27ClN2O2. The Morgan fingerprint density at radius 3 is 2.50 bits per heavy atom. The fraction of sp³-hybridized carbons (Fsp3) is 0.400. The summed E-state index contributed by atoms with van der Waals surface area (Å²) in [7, 11) is 0. The van der Waals surface area contributed by atoms with Gasteiger partial charge in [-0.3, -0.25) is 4.79 Å². The number of nitrogens with two attached hydrogens (primary N) is 1. The molecule has 0 bridgehead atoms. The van der Waals surface area contributed by atoms with Gasteiger partial charge in [0.1, 0.15) is 5.75 Å². The van der Waals surface area contributed by atoms with Crippen molar-refractivity contribution in [1.29, 1.82) is 0 Å². The maximum absolute atomic E-state index is 12.0. The fourth-order valence-corrected chi connectivity index (χ4v) is 5.38. The number of aromatic nitrogens is 1. The van der Waals surface area contributed by atoms with Crippen molar-refractivity contribution >= 4 is 22.4 Å². The topological polar surface area (TPSA) is 68.1 Å². The Hall–Kier alpha value is -2.30. The summed E-state index contributed by atoms with van der Waals surface area (Å²) in [5.74, 6) is 1.30. The predicted octanol–water partition coefficient (Wildman–Crippen LogP) is 5.18. The van der Waals surface area contributed by atoms with Gasteiger partial charge in [-0.15, -0.1) is 0 Å².